The number of ether oxygens (including phenoxy) is 1. The number of aromatic nitrogens is 2. The van der Waals surface area contributed by atoms with Gasteiger partial charge in [0.1, 0.15) is 12.8 Å². The van der Waals surface area contributed by atoms with E-state index in [1.165, 1.54) is 6.08 Å². The largest absolute Gasteiger partial charge is 0.373 e. The number of amides is 1. The summed E-state index contributed by atoms with van der Waals surface area (Å²) in [4.78, 5) is 14.6. The lowest BCUT2D eigenvalue weighted by Gasteiger charge is -2.36. The molecule has 0 bridgehead atoms. The Balaban J connectivity index is 1.50. The fourth-order valence-electron chi connectivity index (χ4n) is 3.76. The van der Waals surface area contributed by atoms with Gasteiger partial charge in [0, 0.05) is 12.6 Å². The Morgan fingerprint density at radius 1 is 1.19 bits per heavy atom. The zero-order valence-electron chi connectivity index (χ0n) is 17.8. The minimum atomic E-state index is -0.626. The number of alkyl halides is 1. The SMILES string of the molecule is CN1c2ccccc2C(=O)NC1c1cn[nH]c1C(/C=C\COCc1ccccc1)=C/CF. The van der Waals surface area contributed by atoms with Gasteiger partial charge in [-0.3, -0.25) is 9.89 Å². The molecule has 0 saturated heterocycles. The van der Waals surface area contributed by atoms with Crippen LogP contribution in [0.25, 0.3) is 5.57 Å². The minimum absolute atomic E-state index is 0.156. The highest BCUT2D eigenvalue weighted by atomic mass is 19.1. The molecule has 2 aromatic carbocycles. The number of halogens is 1. The highest BCUT2D eigenvalue weighted by molar-refractivity contribution is 6.02. The molecule has 32 heavy (non-hydrogen) atoms. The molecule has 0 saturated carbocycles. The summed E-state index contributed by atoms with van der Waals surface area (Å²) in [7, 11) is 1.91. The number of hydrogen-bond acceptors (Lipinski definition) is 4. The Morgan fingerprint density at radius 3 is 2.78 bits per heavy atom. The van der Waals surface area contributed by atoms with Crippen molar-refractivity contribution in [2.75, 3.05) is 25.2 Å². The Hall–Kier alpha value is -3.71. The zero-order valence-corrected chi connectivity index (χ0v) is 17.8. The normalized spacial score (nSPS) is 16.3. The molecule has 0 aliphatic carbocycles. The first-order valence-corrected chi connectivity index (χ1v) is 10.4. The van der Waals surface area contributed by atoms with Gasteiger partial charge >= 0.3 is 0 Å². The smallest absolute Gasteiger partial charge is 0.255 e. The predicted octanol–water partition coefficient (Wildman–Crippen LogP) is 4.41. The third-order valence-electron chi connectivity index (χ3n) is 5.36. The highest BCUT2D eigenvalue weighted by Gasteiger charge is 2.31. The summed E-state index contributed by atoms with van der Waals surface area (Å²) >= 11 is 0. The predicted molar refractivity (Wildman–Crippen MR) is 123 cm³/mol. The van der Waals surface area contributed by atoms with Crippen molar-refractivity contribution in [3.05, 3.63) is 101 Å². The molecule has 2 N–H and O–H groups in total. The van der Waals surface area contributed by atoms with E-state index >= 15 is 0 Å². The van der Waals surface area contributed by atoms with E-state index in [9.17, 15) is 9.18 Å². The number of allylic oxidation sites excluding steroid dienone is 3. The molecule has 1 atom stereocenters. The van der Waals surface area contributed by atoms with Crippen LogP contribution < -0.4 is 10.2 Å². The Kier molecular flexibility index (Phi) is 6.77. The fourth-order valence-corrected chi connectivity index (χ4v) is 3.76. The molecule has 0 fully saturated rings. The maximum Gasteiger partial charge on any atom is 0.255 e. The molecular weight excluding hydrogens is 407 g/mol. The molecule has 2 heterocycles. The number of benzene rings is 2. The average molecular weight is 432 g/mol. The quantitative estimate of drug-likeness (QED) is 0.409. The number of nitrogens with one attached hydrogen (secondary N) is 2. The van der Waals surface area contributed by atoms with Crippen molar-refractivity contribution in [3.63, 3.8) is 0 Å². The van der Waals surface area contributed by atoms with Crippen molar-refractivity contribution >= 4 is 17.2 Å². The molecule has 6 nitrogen and oxygen atoms in total. The van der Waals surface area contributed by atoms with E-state index in [1.807, 2.05) is 66.6 Å². The number of carbonyl (C=O) groups is 1. The maximum absolute atomic E-state index is 13.3. The van der Waals surface area contributed by atoms with Crippen molar-refractivity contribution in [3.8, 4) is 0 Å². The number of carbonyl (C=O) groups excluding carboxylic acids is 1. The molecule has 3 aromatic rings. The molecule has 1 amide bonds. The van der Waals surface area contributed by atoms with Crippen LogP contribution in [0.2, 0.25) is 0 Å². The van der Waals surface area contributed by atoms with Gasteiger partial charge in [-0.25, -0.2) is 4.39 Å². The van der Waals surface area contributed by atoms with Crippen molar-refractivity contribution in [1.29, 1.82) is 0 Å². The average Bonchev–Trinajstić information content (AvgIpc) is 3.31. The van der Waals surface area contributed by atoms with E-state index in [0.29, 0.717) is 30.0 Å². The molecule has 164 valence electrons. The van der Waals surface area contributed by atoms with E-state index in [4.69, 9.17) is 4.74 Å². The van der Waals surface area contributed by atoms with E-state index in [0.717, 1.165) is 16.8 Å². The summed E-state index contributed by atoms with van der Waals surface area (Å²) in [6.45, 7) is 0.259. The first kappa shape index (κ1) is 21.5. The van der Waals surface area contributed by atoms with Crippen LogP contribution in [0.15, 0.2) is 79.0 Å². The topological polar surface area (TPSA) is 70.2 Å². The van der Waals surface area contributed by atoms with E-state index in [1.54, 1.807) is 18.3 Å². The molecule has 1 unspecified atom stereocenters. The van der Waals surface area contributed by atoms with Crippen molar-refractivity contribution in [2.45, 2.75) is 12.8 Å². The van der Waals surface area contributed by atoms with E-state index < -0.39 is 12.8 Å². The lowest BCUT2D eigenvalue weighted by molar-refractivity contribution is 0.0928. The minimum Gasteiger partial charge on any atom is -0.373 e. The summed E-state index contributed by atoms with van der Waals surface area (Å²) in [5.74, 6) is -0.156. The van der Waals surface area contributed by atoms with Crippen LogP contribution >= 0.6 is 0 Å². The molecule has 7 heteroatoms. The summed E-state index contributed by atoms with van der Waals surface area (Å²) in [6.07, 6.45) is 6.35. The molecular formula is C25H25FN4O2. The van der Waals surface area contributed by atoms with Crippen molar-refractivity contribution in [1.82, 2.24) is 15.5 Å². The number of rotatable bonds is 8. The molecule has 0 radical (unpaired) electrons. The summed E-state index contributed by atoms with van der Waals surface area (Å²) in [5, 5.41) is 10.1. The summed E-state index contributed by atoms with van der Waals surface area (Å²) in [5.41, 5.74) is 4.58. The van der Waals surface area contributed by atoms with Gasteiger partial charge in [-0.2, -0.15) is 5.10 Å². The van der Waals surface area contributed by atoms with Gasteiger partial charge in [-0.05, 0) is 29.3 Å². The van der Waals surface area contributed by atoms with Crippen molar-refractivity contribution < 1.29 is 13.9 Å². The molecule has 1 aliphatic heterocycles. The third kappa shape index (κ3) is 4.63. The zero-order chi connectivity index (χ0) is 22.3. The van der Waals surface area contributed by atoms with Crippen LogP contribution in [-0.2, 0) is 11.3 Å². The van der Waals surface area contributed by atoms with Gasteiger partial charge in [-0.15, -0.1) is 0 Å². The number of H-pyrrole nitrogens is 1. The number of para-hydroxylation sites is 1. The fraction of sp³-hybridized carbons (Fsp3) is 0.200. The van der Waals surface area contributed by atoms with E-state index in [-0.39, 0.29) is 5.91 Å². The van der Waals surface area contributed by atoms with Crippen LogP contribution in [0.3, 0.4) is 0 Å². The van der Waals surface area contributed by atoms with Crippen molar-refractivity contribution in [2.24, 2.45) is 0 Å². The number of anilines is 1. The Labute approximate surface area is 186 Å². The highest BCUT2D eigenvalue weighted by Crippen LogP contribution is 2.34. The lowest BCUT2D eigenvalue weighted by Crippen LogP contribution is -2.44. The first-order chi connectivity index (χ1) is 15.7. The Morgan fingerprint density at radius 2 is 1.97 bits per heavy atom. The van der Waals surface area contributed by atoms with Crippen LogP contribution in [0, 0.1) is 0 Å². The second kappa shape index (κ2) is 10.1. The molecule has 4 rings (SSSR count). The second-order valence-electron chi connectivity index (χ2n) is 7.42. The molecule has 1 aromatic heterocycles. The summed E-state index contributed by atoms with van der Waals surface area (Å²) < 4.78 is 19.0. The first-order valence-electron chi connectivity index (χ1n) is 10.4. The van der Waals surface area contributed by atoms with Gasteiger partial charge < -0.3 is 15.0 Å². The van der Waals surface area contributed by atoms with Crippen LogP contribution in [-0.4, -0.2) is 36.4 Å². The van der Waals surface area contributed by atoms with Crippen LogP contribution in [0.4, 0.5) is 10.1 Å². The van der Waals surface area contributed by atoms with Gasteiger partial charge in [0.05, 0.1) is 36.4 Å². The van der Waals surface area contributed by atoms with Gasteiger partial charge in [0.15, 0.2) is 0 Å². The summed E-state index contributed by atoms with van der Waals surface area (Å²) in [6, 6.07) is 17.3. The second-order valence-corrected chi connectivity index (χ2v) is 7.42. The number of fused-ring (bicyclic) bond motifs is 1. The number of hydrogen-bond donors (Lipinski definition) is 2. The molecule has 1 aliphatic rings. The van der Waals surface area contributed by atoms with E-state index in [2.05, 4.69) is 15.5 Å². The Bertz CT molecular complexity index is 1120. The van der Waals surface area contributed by atoms with Crippen LogP contribution in [0.5, 0.6) is 0 Å². The number of aromatic amines is 1. The van der Waals surface area contributed by atoms with Gasteiger partial charge in [0.25, 0.3) is 5.91 Å². The van der Waals surface area contributed by atoms with Gasteiger partial charge in [-0.1, -0.05) is 54.6 Å². The van der Waals surface area contributed by atoms with Crippen LogP contribution in [0.1, 0.15) is 33.3 Å². The monoisotopic (exact) mass is 432 g/mol. The maximum atomic E-state index is 13.3. The number of nitrogens with zero attached hydrogens (tertiary/aromatic N) is 2. The lowest BCUT2D eigenvalue weighted by atomic mass is 10.0. The molecule has 0 spiro atoms. The third-order valence-corrected chi connectivity index (χ3v) is 5.36. The van der Waals surface area contributed by atoms with Gasteiger partial charge in [0.2, 0.25) is 0 Å². The standard InChI is InChI=1S/C25H25FN4O2/c1-30-22-12-6-5-11-20(22)25(31)28-24(30)21-16-27-29-23(21)19(13-14-26)10-7-15-32-17-18-8-3-2-4-9-18/h2-13,16,24H,14-15,17H2,1H3,(H,27,29)(H,28,31)/b10-7-,19-13+.